The topological polar surface area (TPSA) is 83.3 Å². The van der Waals surface area contributed by atoms with Crippen LogP contribution < -0.4 is 0 Å². The number of aromatic nitrogens is 1. The first-order chi connectivity index (χ1) is 11.5. The Bertz CT molecular complexity index is 644. The summed E-state index contributed by atoms with van der Waals surface area (Å²) in [6.45, 7) is 5.03. The van der Waals surface area contributed by atoms with E-state index in [1.165, 1.54) is 11.8 Å². The van der Waals surface area contributed by atoms with Crippen LogP contribution in [0.1, 0.15) is 32.3 Å². The second kappa shape index (κ2) is 8.69. The molecule has 24 heavy (non-hydrogen) atoms. The van der Waals surface area contributed by atoms with Crippen LogP contribution in [0.5, 0.6) is 0 Å². The number of ether oxygens (including phenoxy) is 1. The number of carbonyl (C=O) groups is 2. The van der Waals surface area contributed by atoms with E-state index < -0.39 is 0 Å². The fraction of sp³-hybridized carbons (Fsp3) is 0.529. The lowest BCUT2D eigenvalue weighted by molar-refractivity contribution is -0.151. The van der Waals surface area contributed by atoms with E-state index in [1.807, 2.05) is 6.92 Å². The number of piperidine rings is 1. The number of nitriles is 1. The van der Waals surface area contributed by atoms with Gasteiger partial charge < -0.3 is 9.64 Å². The lowest BCUT2D eigenvalue weighted by Crippen LogP contribution is -2.45. The van der Waals surface area contributed by atoms with Crippen molar-refractivity contribution in [2.75, 3.05) is 19.7 Å². The largest absolute Gasteiger partial charge is 0.466 e. The van der Waals surface area contributed by atoms with Crippen LogP contribution in [-0.4, -0.2) is 46.7 Å². The van der Waals surface area contributed by atoms with E-state index in [-0.39, 0.29) is 23.0 Å². The van der Waals surface area contributed by atoms with E-state index in [0.717, 1.165) is 12.8 Å². The molecule has 1 aliphatic rings. The molecule has 0 N–H and O–H groups in total. The molecule has 0 bridgehead atoms. The van der Waals surface area contributed by atoms with Crippen LogP contribution in [0.25, 0.3) is 0 Å². The van der Waals surface area contributed by atoms with Gasteiger partial charge in [0.25, 0.3) is 0 Å². The fourth-order valence-electron chi connectivity index (χ4n) is 2.66. The molecule has 0 spiro atoms. The zero-order valence-corrected chi connectivity index (χ0v) is 14.7. The Morgan fingerprint density at radius 3 is 3.08 bits per heavy atom. The number of hydrogen-bond acceptors (Lipinski definition) is 6. The number of esters is 1. The number of thioether (sulfide) groups is 1. The minimum atomic E-state index is -0.326. The first-order valence-corrected chi connectivity index (χ1v) is 8.91. The van der Waals surface area contributed by atoms with Crippen molar-refractivity contribution in [1.29, 1.82) is 5.26 Å². The number of pyridine rings is 1. The highest BCUT2D eigenvalue weighted by molar-refractivity contribution is 8.00. The van der Waals surface area contributed by atoms with Gasteiger partial charge in [-0.05, 0) is 38.8 Å². The molecule has 0 radical (unpaired) electrons. The van der Waals surface area contributed by atoms with Gasteiger partial charge in [-0.3, -0.25) is 9.59 Å². The van der Waals surface area contributed by atoms with Crippen LogP contribution in [0.3, 0.4) is 0 Å². The third kappa shape index (κ3) is 4.71. The van der Waals surface area contributed by atoms with Gasteiger partial charge in [0.2, 0.25) is 5.91 Å². The second-order valence-corrected chi connectivity index (χ2v) is 6.99. The monoisotopic (exact) mass is 347 g/mol. The Morgan fingerprint density at radius 1 is 1.58 bits per heavy atom. The van der Waals surface area contributed by atoms with Crippen LogP contribution in [-0.2, 0) is 14.3 Å². The van der Waals surface area contributed by atoms with Gasteiger partial charge in [0, 0.05) is 19.3 Å². The van der Waals surface area contributed by atoms with Crippen molar-refractivity contribution >= 4 is 23.6 Å². The smallest absolute Gasteiger partial charge is 0.310 e. The normalized spacial score (nSPS) is 18.5. The molecule has 128 valence electrons. The molecular formula is C17H21N3O3S. The molecule has 2 heterocycles. The van der Waals surface area contributed by atoms with Crippen LogP contribution in [0.15, 0.2) is 23.4 Å². The van der Waals surface area contributed by atoms with Gasteiger partial charge >= 0.3 is 5.97 Å². The zero-order valence-electron chi connectivity index (χ0n) is 13.9. The van der Waals surface area contributed by atoms with Gasteiger partial charge in [0.15, 0.2) is 0 Å². The number of hydrogen-bond donors (Lipinski definition) is 0. The highest BCUT2D eigenvalue weighted by Gasteiger charge is 2.31. The number of amides is 1. The predicted molar refractivity (Wildman–Crippen MR) is 90.2 cm³/mol. The SMILES string of the molecule is CCOC(=O)[C@@H]1CCCN(C(=O)[C@@H](C)Sc2cc(C#N)ccn2)C1. The Balaban J connectivity index is 1.96. The maximum Gasteiger partial charge on any atom is 0.310 e. The molecule has 7 heteroatoms. The lowest BCUT2D eigenvalue weighted by atomic mass is 9.98. The third-order valence-corrected chi connectivity index (χ3v) is 4.88. The molecule has 1 fully saturated rings. The molecule has 0 saturated carbocycles. The van der Waals surface area contributed by atoms with Crippen LogP contribution >= 0.6 is 11.8 Å². The molecule has 0 aliphatic carbocycles. The number of likely N-dealkylation sites (tertiary alicyclic amines) is 1. The summed E-state index contributed by atoms with van der Waals surface area (Å²) < 4.78 is 5.07. The minimum absolute atomic E-state index is 0.0156. The van der Waals surface area contributed by atoms with Gasteiger partial charge in [-0.2, -0.15) is 5.26 Å². The highest BCUT2D eigenvalue weighted by Crippen LogP contribution is 2.25. The molecule has 1 saturated heterocycles. The van der Waals surface area contributed by atoms with Crippen LogP contribution in [0.2, 0.25) is 0 Å². The molecule has 2 rings (SSSR count). The summed E-state index contributed by atoms with van der Waals surface area (Å²) in [6, 6.07) is 5.37. The van der Waals surface area contributed by atoms with E-state index in [4.69, 9.17) is 10.00 Å². The predicted octanol–water partition coefficient (Wildman–Crippen LogP) is 2.24. The van der Waals surface area contributed by atoms with E-state index in [2.05, 4.69) is 11.1 Å². The summed E-state index contributed by atoms with van der Waals surface area (Å²) >= 11 is 1.33. The molecule has 6 nitrogen and oxygen atoms in total. The van der Waals surface area contributed by atoms with E-state index in [9.17, 15) is 9.59 Å². The highest BCUT2D eigenvalue weighted by atomic mass is 32.2. The summed E-state index contributed by atoms with van der Waals surface area (Å²) in [5.74, 6) is -0.475. The summed E-state index contributed by atoms with van der Waals surface area (Å²) in [5, 5.41) is 9.25. The Labute approximate surface area is 146 Å². The maximum absolute atomic E-state index is 12.6. The Kier molecular flexibility index (Phi) is 6.62. The van der Waals surface area contributed by atoms with Gasteiger partial charge in [-0.15, -0.1) is 0 Å². The molecule has 1 amide bonds. The van der Waals surface area contributed by atoms with Crippen LogP contribution in [0, 0.1) is 17.2 Å². The molecule has 0 aromatic carbocycles. The van der Waals surface area contributed by atoms with Gasteiger partial charge in [-0.25, -0.2) is 4.98 Å². The molecule has 0 unspecified atom stereocenters. The zero-order chi connectivity index (χ0) is 17.5. The van der Waals surface area contributed by atoms with Crippen molar-refractivity contribution in [2.24, 2.45) is 5.92 Å². The van der Waals surface area contributed by atoms with Gasteiger partial charge in [0.05, 0.1) is 34.4 Å². The summed E-state index contributed by atoms with van der Waals surface area (Å²) in [4.78, 5) is 30.5. The quantitative estimate of drug-likeness (QED) is 0.600. The average molecular weight is 347 g/mol. The molecule has 1 aromatic rings. The minimum Gasteiger partial charge on any atom is -0.466 e. The lowest BCUT2D eigenvalue weighted by Gasteiger charge is -2.33. The molecule has 1 aliphatic heterocycles. The van der Waals surface area contributed by atoms with Crippen molar-refractivity contribution < 1.29 is 14.3 Å². The van der Waals surface area contributed by atoms with Crippen molar-refractivity contribution in [3.8, 4) is 6.07 Å². The van der Waals surface area contributed by atoms with E-state index in [1.54, 1.807) is 30.2 Å². The van der Waals surface area contributed by atoms with E-state index in [0.29, 0.717) is 30.3 Å². The van der Waals surface area contributed by atoms with Crippen molar-refractivity contribution in [3.63, 3.8) is 0 Å². The Hall–Kier alpha value is -2.07. The van der Waals surface area contributed by atoms with Crippen LogP contribution in [0.4, 0.5) is 0 Å². The Morgan fingerprint density at radius 2 is 2.38 bits per heavy atom. The summed E-state index contributed by atoms with van der Waals surface area (Å²) in [6.07, 6.45) is 3.13. The molecular weight excluding hydrogens is 326 g/mol. The van der Waals surface area contributed by atoms with Crippen molar-refractivity contribution in [2.45, 2.75) is 37.0 Å². The molecule has 2 atom stereocenters. The fourth-order valence-corrected chi connectivity index (χ4v) is 3.59. The molecule has 1 aromatic heterocycles. The standard InChI is InChI=1S/C17H21N3O3S/c1-3-23-17(22)14-5-4-8-20(11-14)16(21)12(2)24-15-9-13(10-18)6-7-19-15/h6-7,9,12,14H,3-5,8,11H2,1-2H3/t12-,14-/m1/s1. The summed E-state index contributed by atoms with van der Waals surface area (Å²) in [5.41, 5.74) is 0.521. The maximum atomic E-state index is 12.6. The van der Waals surface area contributed by atoms with Crippen molar-refractivity contribution in [1.82, 2.24) is 9.88 Å². The van der Waals surface area contributed by atoms with Crippen molar-refractivity contribution in [3.05, 3.63) is 23.9 Å². The van der Waals surface area contributed by atoms with E-state index >= 15 is 0 Å². The number of rotatable bonds is 5. The van der Waals surface area contributed by atoms with Gasteiger partial charge in [0.1, 0.15) is 0 Å². The first kappa shape index (κ1) is 18.3. The number of nitrogens with zero attached hydrogens (tertiary/aromatic N) is 3. The van der Waals surface area contributed by atoms with Gasteiger partial charge in [-0.1, -0.05) is 11.8 Å². The number of carbonyl (C=O) groups excluding carboxylic acids is 2. The summed E-state index contributed by atoms with van der Waals surface area (Å²) in [7, 11) is 0. The second-order valence-electron chi connectivity index (χ2n) is 5.63. The first-order valence-electron chi connectivity index (χ1n) is 8.03. The average Bonchev–Trinajstić information content (AvgIpc) is 2.61. The third-order valence-electron chi connectivity index (χ3n) is 3.86.